The fourth-order valence-electron chi connectivity index (χ4n) is 1.95. The van der Waals surface area contributed by atoms with Gasteiger partial charge in [0.15, 0.2) is 0 Å². The second-order valence-electron chi connectivity index (χ2n) is 6.09. The van der Waals surface area contributed by atoms with Crippen LogP contribution in [-0.4, -0.2) is 16.3 Å². The van der Waals surface area contributed by atoms with E-state index in [4.69, 9.17) is 4.98 Å². The average Bonchev–Trinajstić information content (AvgIpc) is 3.07. The monoisotopic (exact) mass is 298 g/mol. The fourth-order valence-corrected chi connectivity index (χ4v) is 3.77. The van der Waals surface area contributed by atoms with Crippen molar-refractivity contribution in [2.75, 3.05) is 0 Å². The maximum absolute atomic E-state index is 4.88. The van der Waals surface area contributed by atoms with Crippen LogP contribution >= 0.6 is 23.1 Å². The van der Waals surface area contributed by atoms with E-state index < -0.39 is 0 Å². The molecule has 1 aromatic heterocycles. The van der Waals surface area contributed by atoms with Crippen molar-refractivity contribution >= 4 is 23.1 Å². The van der Waals surface area contributed by atoms with Gasteiger partial charge in [-0.3, -0.25) is 0 Å². The molecule has 0 unspecified atom stereocenters. The minimum atomic E-state index is 0.686. The van der Waals surface area contributed by atoms with E-state index in [1.165, 1.54) is 28.4 Å². The van der Waals surface area contributed by atoms with Crippen LogP contribution in [0, 0.1) is 5.92 Å². The molecule has 0 spiro atoms. The highest BCUT2D eigenvalue weighted by atomic mass is 32.2. The van der Waals surface area contributed by atoms with E-state index in [2.05, 4.69) is 33.0 Å². The van der Waals surface area contributed by atoms with Gasteiger partial charge in [-0.2, -0.15) is 11.8 Å². The lowest BCUT2D eigenvalue weighted by atomic mass is 10.1. The van der Waals surface area contributed by atoms with Crippen LogP contribution < -0.4 is 5.32 Å². The summed E-state index contributed by atoms with van der Waals surface area (Å²) in [7, 11) is 0. The lowest BCUT2D eigenvalue weighted by Crippen LogP contribution is -2.15. The van der Waals surface area contributed by atoms with Crippen molar-refractivity contribution in [2.24, 2.45) is 5.92 Å². The Kier molecular flexibility index (Phi) is 5.72. The zero-order valence-electron chi connectivity index (χ0n) is 12.5. The SMILES string of the molecule is CC(C)Cc1nc(CSC(C)C)sc1CNC1CC1. The van der Waals surface area contributed by atoms with Crippen molar-refractivity contribution < 1.29 is 0 Å². The Bertz CT molecular complexity index is 395. The molecule has 1 saturated carbocycles. The Morgan fingerprint density at radius 2 is 2.05 bits per heavy atom. The maximum Gasteiger partial charge on any atom is 0.103 e. The molecule has 1 fully saturated rings. The summed E-state index contributed by atoms with van der Waals surface area (Å²) in [5.74, 6) is 1.75. The summed E-state index contributed by atoms with van der Waals surface area (Å²) < 4.78 is 0. The molecule has 1 aromatic rings. The zero-order chi connectivity index (χ0) is 13.8. The summed E-state index contributed by atoms with van der Waals surface area (Å²) >= 11 is 3.91. The molecule has 1 aliphatic rings. The van der Waals surface area contributed by atoms with Crippen LogP contribution in [0.4, 0.5) is 0 Å². The molecule has 0 amide bonds. The Morgan fingerprint density at radius 3 is 2.63 bits per heavy atom. The third kappa shape index (κ3) is 5.44. The van der Waals surface area contributed by atoms with E-state index >= 15 is 0 Å². The standard InChI is InChI=1S/C15H26N2S2/c1-10(2)7-13-14(8-16-12-5-6-12)19-15(17-13)9-18-11(3)4/h10-12,16H,5-9H2,1-4H3. The van der Waals surface area contributed by atoms with Crippen LogP contribution in [0.3, 0.4) is 0 Å². The topological polar surface area (TPSA) is 24.9 Å². The smallest absolute Gasteiger partial charge is 0.103 e. The minimum absolute atomic E-state index is 0.686. The van der Waals surface area contributed by atoms with Crippen LogP contribution in [0.25, 0.3) is 0 Å². The van der Waals surface area contributed by atoms with E-state index in [-0.39, 0.29) is 0 Å². The maximum atomic E-state index is 4.88. The van der Waals surface area contributed by atoms with E-state index in [0.29, 0.717) is 11.2 Å². The molecule has 0 radical (unpaired) electrons. The van der Waals surface area contributed by atoms with Crippen LogP contribution in [0.2, 0.25) is 0 Å². The summed E-state index contributed by atoms with van der Waals surface area (Å²) in [6, 6.07) is 0.780. The summed E-state index contributed by atoms with van der Waals surface area (Å²) in [4.78, 5) is 6.35. The first-order chi connectivity index (χ1) is 9.04. The first-order valence-electron chi connectivity index (χ1n) is 7.37. The van der Waals surface area contributed by atoms with Crippen molar-refractivity contribution in [3.8, 4) is 0 Å². The van der Waals surface area contributed by atoms with Gasteiger partial charge in [-0.25, -0.2) is 4.98 Å². The van der Waals surface area contributed by atoms with Crippen molar-refractivity contribution in [3.05, 3.63) is 15.6 Å². The highest BCUT2D eigenvalue weighted by molar-refractivity contribution is 7.99. The molecule has 1 N–H and O–H groups in total. The molecule has 0 bridgehead atoms. The number of hydrogen-bond acceptors (Lipinski definition) is 4. The van der Waals surface area contributed by atoms with E-state index in [9.17, 15) is 0 Å². The summed E-state index contributed by atoms with van der Waals surface area (Å²) in [6.45, 7) is 10.1. The number of hydrogen-bond donors (Lipinski definition) is 1. The predicted molar refractivity (Wildman–Crippen MR) is 86.9 cm³/mol. The fraction of sp³-hybridized carbons (Fsp3) is 0.800. The largest absolute Gasteiger partial charge is 0.309 e. The first-order valence-corrected chi connectivity index (χ1v) is 9.23. The van der Waals surface area contributed by atoms with E-state index in [0.717, 1.165) is 24.8 Å². The first kappa shape index (κ1) is 15.3. The van der Waals surface area contributed by atoms with Gasteiger partial charge in [-0.15, -0.1) is 11.3 Å². The molecule has 4 heteroatoms. The third-order valence-corrected chi connectivity index (χ3v) is 5.48. The van der Waals surface area contributed by atoms with Crippen LogP contribution in [0.5, 0.6) is 0 Å². The molecule has 1 aliphatic carbocycles. The lowest BCUT2D eigenvalue weighted by Gasteiger charge is -2.05. The summed E-state index contributed by atoms with van der Waals surface area (Å²) in [6.07, 6.45) is 3.83. The van der Waals surface area contributed by atoms with Crippen molar-refractivity contribution in [3.63, 3.8) is 0 Å². The number of nitrogens with one attached hydrogen (secondary N) is 1. The Morgan fingerprint density at radius 1 is 1.32 bits per heavy atom. The van der Waals surface area contributed by atoms with Crippen molar-refractivity contribution in [1.29, 1.82) is 0 Å². The molecule has 19 heavy (non-hydrogen) atoms. The second kappa shape index (κ2) is 7.09. The van der Waals surface area contributed by atoms with E-state index in [1.807, 2.05) is 23.1 Å². The molecule has 0 saturated heterocycles. The van der Waals surface area contributed by atoms with Gasteiger partial charge in [0.1, 0.15) is 5.01 Å². The van der Waals surface area contributed by atoms with Gasteiger partial charge in [0.05, 0.1) is 5.69 Å². The zero-order valence-corrected chi connectivity index (χ0v) is 14.2. The van der Waals surface area contributed by atoms with E-state index in [1.54, 1.807) is 0 Å². The summed E-state index contributed by atoms with van der Waals surface area (Å²) in [5, 5.41) is 5.62. The molecular formula is C15H26N2S2. The van der Waals surface area contributed by atoms with Crippen LogP contribution in [0.15, 0.2) is 0 Å². The molecule has 0 atom stereocenters. The second-order valence-corrected chi connectivity index (χ2v) is 8.82. The summed E-state index contributed by atoms with van der Waals surface area (Å²) in [5.41, 5.74) is 1.34. The minimum Gasteiger partial charge on any atom is -0.309 e. The average molecular weight is 299 g/mol. The van der Waals surface area contributed by atoms with Gasteiger partial charge in [-0.1, -0.05) is 27.7 Å². The van der Waals surface area contributed by atoms with Crippen molar-refractivity contribution in [1.82, 2.24) is 10.3 Å². The van der Waals surface area contributed by atoms with Gasteiger partial charge in [0.2, 0.25) is 0 Å². The van der Waals surface area contributed by atoms with Crippen molar-refractivity contribution in [2.45, 2.75) is 70.5 Å². The molecule has 0 aromatic carbocycles. The van der Waals surface area contributed by atoms with Gasteiger partial charge < -0.3 is 5.32 Å². The molecule has 2 rings (SSSR count). The van der Waals surface area contributed by atoms with Gasteiger partial charge in [-0.05, 0) is 30.4 Å². The van der Waals surface area contributed by atoms with Gasteiger partial charge in [0, 0.05) is 23.2 Å². The number of rotatable bonds is 8. The normalized spacial score (nSPS) is 15.7. The Hall–Kier alpha value is -0.0600. The number of thiazole rings is 1. The Labute approximate surface area is 125 Å². The van der Waals surface area contributed by atoms with Gasteiger partial charge >= 0.3 is 0 Å². The Balaban J connectivity index is 1.98. The van der Waals surface area contributed by atoms with Crippen LogP contribution in [-0.2, 0) is 18.7 Å². The lowest BCUT2D eigenvalue weighted by molar-refractivity contribution is 0.623. The number of aromatic nitrogens is 1. The van der Waals surface area contributed by atoms with Crippen LogP contribution in [0.1, 0.15) is 56.1 Å². The van der Waals surface area contributed by atoms with Gasteiger partial charge in [0.25, 0.3) is 0 Å². The molecular weight excluding hydrogens is 272 g/mol. The number of thioether (sulfide) groups is 1. The highest BCUT2D eigenvalue weighted by Crippen LogP contribution is 2.27. The molecule has 1 heterocycles. The molecule has 2 nitrogen and oxygen atoms in total. The quantitative estimate of drug-likeness (QED) is 0.777. The number of nitrogens with zero attached hydrogens (tertiary/aromatic N) is 1. The molecule has 108 valence electrons. The predicted octanol–water partition coefficient (Wildman–Crippen LogP) is 4.24. The third-order valence-electron chi connectivity index (χ3n) is 3.09. The molecule has 0 aliphatic heterocycles. The highest BCUT2D eigenvalue weighted by Gasteiger charge is 2.21.